The average molecular weight is 229 g/mol. The molecule has 3 nitrogen and oxygen atoms in total. The molecule has 0 radical (unpaired) electrons. The summed E-state index contributed by atoms with van der Waals surface area (Å²) >= 11 is 6.03. The number of hydrogen-bond donors (Lipinski definition) is 1. The van der Waals surface area contributed by atoms with E-state index in [1.807, 2.05) is 32.3 Å². The summed E-state index contributed by atoms with van der Waals surface area (Å²) in [6.07, 6.45) is 0. The van der Waals surface area contributed by atoms with Gasteiger partial charge in [-0.3, -0.25) is 0 Å². The van der Waals surface area contributed by atoms with E-state index in [-0.39, 0.29) is 0 Å². The molecule has 0 atom stereocenters. The van der Waals surface area contributed by atoms with Gasteiger partial charge in [-0.2, -0.15) is 0 Å². The van der Waals surface area contributed by atoms with Gasteiger partial charge in [0.2, 0.25) is 0 Å². The van der Waals surface area contributed by atoms with E-state index in [0.717, 1.165) is 12.1 Å². The summed E-state index contributed by atoms with van der Waals surface area (Å²) < 4.78 is 5.62. The van der Waals surface area contributed by atoms with Crippen molar-refractivity contribution in [1.82, 2.24) is 4.90 Å². The fourth-order valence-corrected chi connectivity index (χ4v) is 1.45. The predicted molar refractivity (Wildman–Crippen MR) is 63.4 cm³/mol. The van der Waals surface area contributed by atoms with Gasteiger partial charge in [0.15, 0.2) is 0 Å². The van der Waals surface area contributed by atoms with Gasteiger partial charge in [0, 0.05) is 18.7 Å². The van der Waals surface area contributed by atoms with Crippen molar-refractivity contribution in [2.75, 3.05) is 27.2 Å². The maximum Gasteiger partial charge on any atom is 0.142 e. The third kappa shape index (κ3) is 3.70. The second-order valence-corrected chi connectivity index (χ2v) is 3.99. The summed E-state index contributed by atoms with van der Waals surface area (Å²) in [7, 11) is 4.00. The first-order chi connectivity index (χ1) is 7.15. The van der Waals surface area contributed by atoms with Crippen LogP contribution in [0.2, 0.25) is 5.02 Å². The summed E-state index contributed by atoms with van der Waals surface area (Å²) in [6.45, 7) is 1.91. The molecule has 2 N–H and O–H groups in total. The maximum absolute atomic E-state index is 6.03. The van der Waals surface area contributed by atoms with Crippen molar-refractivity contribution in [1.29, 1.82) is 0 Å². The van der Waals surface area contributed by atoms with Gasteiger partial charge in [0.05, 0.1) is 5.02 Å². The molecule has 0 aliphatic rings. The first kappa shape index (κ1) is 12.3. The van der Waals surface area contributed by atoms with Crippen LogP contribution in [0.5, 0.6) is 5.75 Å². The Hall–Kier alpha value is -0.770. The number of para-hydroxylation sites is 1. The van der Waals surface area contributed by atoms with Gasteiger partial charge in [-0.1, -0.05) is 23.7 Å². The standard InChI is InChI=1S/C11H17ClN2O/c1-14(2)6-7-15-11-9(8-13)4-3-5-10(11)12/h3-5H,6-8,13H2,1-2H3. The molecule has 0 aromatic heterocycles. The lowest BCUT2D eigenvalue weighted by Crippen LogP contribution is -2.20. The normalized spacial score (nSPS) is 10.7. The Morgan fingerprint density at radius 3 is 2.73 bits per heavy atom. The highest BCUT2D eigenvalue weighted by molar-refractivity contribution is 6.32. The van der Waals surface area contributed by atoms with Crippen LogP contribution >= 0.6 is 11.6 Å². The summed E-state index contributed by atoms with van der Waals surface area (Å²) in [5.41, 5.74) is 6.55. The van der Waals surface area contributed by atoms with Crippen LogP contribution in [-0.4, -0.2) is 32.1 Å². The molecular weight excluding hydrogens is 212 g/mol. The fraction of sp³-hybridized carbons (Fsp3) is 0.455. The van der Waals surface area contributed by atoms with Crippen molar-refractivity contribution >= 4 is 11.6 Å². The zero-order valence-corrected chi connectivity index (χ0v) is 9.92. The third-order valence-corrected chi connectivity index (χ3v) is 2.35. The molecule has 15 heavy (non-hydrogen) atoms. The van der Waals surface area contributed by atoms with Crippen molar-refractivity contribution < 1.29 is 4.74 Å². The van der Waals surface area contributed by atoms with Crippen LogP contribution in [0, 0.1) is 0 Å². The van der Waals surface area contributed by atoms with Gasteiger partial charge in [0.1, 0.15) is 12.4 Å². The van der Waals surface area contributed by atoms with Crippen molar-refractivity contribution in [2.24, 2.45) is 5.73 Å². The highest BCUT2D eigenvalue weighted by Crippen LogP contribution is 2.28. The molecule has 1 aromatic rings. The molecule has 4 heteroatoms. The van der Waals surface area contributed by atoms with Crippen molar-refractivity contribution in [2.45, 2.75) is 6.54 Å². The van der Waals surface area contributed by atoms with E-state index in [1.54, 1.807) is 0 Å². The molecule has 0 bridgehead atoms. The molecule has 1 rings (SSSR count). The van der Waals surface area contributed by atoms with Crippen molar-refractivity contribution in [3.63, 3.8) is 0 Å². The van der Waals surface area contributed by atoms with Crippen LogP contribution < -0.4 is 10.5 Å². The van der Waals surface area contributed by atoms with E-state index in [2.05, 4.69) is 4.90 Å². The number of hydrogen-bond acceptors (Lipinski definition) is 3. The minimum absolute atomic E-state index is 0.442. The minimum atomic E-state index is 0.442. The van der Waals surface area contributed by atoms with E-state index < -0.39 is 0 Å². The Balaban J connectivity index is 2.66. The molecule has 0 fully saturated rings. The molecule has 1 aromatic carbocycles. The predicted octanol–water partition coefficient (Wildman–Crippen LogP) is 1.74. The molecule has 0 amide bonds. The zero-order valence-electron chi connectivity index (χ0n) is 9.16. The largest absolute Gasteiger partial charge is 0.490 e. The Morgan fingerprint density at radius 1 is 1.40 bits per heavy atom. The van der Waals surface area contributed by atoms with Crippen LogP contribution in [0.1, 0.15) is 5.56 Å². The fourth-order valence-electron chi connectivity index (χ4n) is 1.21. The summed E-state index contributed by atoms with van der Waals surface area (Å²) in [6, 6.07) is 5.62. The monoisotopic (exact) mass is 228 g/mol. The molecule has 84 valence electrons. The molecule has 0 saturated heterocycles. The summed E-state index contributed by atoms with van der Waals surface area (Å²) in [4.78, 5) is 2.05. The van der Waals surface area contributed by atoms with Crippen LogP contribution in [0.3, 0.4) is 0 Å². The van der Waals surface area contributed by atoms with Crippen LogP contribution in [-0.2, 0) is 6.54 Å². The molecule has 0 heterocycles. The van der Waals surface area contributed by atoms with Gasteiger partial charge in [-0.25, -0.2) is 0 Å². The SMILES string of the molecule is CN(C)CCOc1c(Cl)cccc1CN. The lowest BCUT2D eigenvalue weighted by atomic mass is 10.2. The molecule has 0 aliphatic carbocycles. The minimum Gasteiger partial charge on any atom is -0.490 e. The van der Waals surface area contributed by atoms with Gasteiger partial charge in [-0.15, -0.1) is 0 Å². The third-order valence-electron chi connectivity index (χ3n) is 2.05. The topological polar surface area (TPSA) is 38.5 Å². The van der Waals surface area contributed by atoms with E-state index in [1.165, 1.54) is 0 Å². The number of nitrogens with two attached hydrogens (primary N) is 1. The van der Waals surface area contributed by atoms with Crippen molar-refractivity contribution in [3.8, 4) is 5.75 Å². The first-order valence-corrected chi connectivity index (χ1v) is 5.28. The Labute approximate surface area is 95.8 Å². The molecule has 0 unspecified atom stereocenters. The lowest BCUT2D eigenvalue weighted by Gasteiger charge is -2.14. The Kier molecular flexibility index (Phi) is 4.88. The number of ether oxygens (including phenoxy) is 1. The highest BCUT2D eigenvalue weighted by atomic mass is 35.5. The number of likely N-dealkylation sites (N-methyl/N-ethyl adjacent to an activating group) is 1. The summed E-state index contributed by atoms with van der Waals surface area (Å²) in [5, 5.41) is 0.622. The van der Waals surface area contributed by atoms with Gasteiger partial charge >= 0.3 is 0 Å². The van der Waals surface area contributed by atoms with Crippen LogP contribution in [0.4, 0.5) is 0 Å². The molecule has 0 aliphatic heterocycles. The number of rotatable bonds is 5. The number of nitrogens with zero attached hydrogens (tertiary/aromatic N) is 1. The summed E-state index contributed by atoms with van der Waals surface area (Å²) in [5.74, 6) is 0.712. The lowest BCUT2D eigenvalue weighted by molar-refractivity contribution is 0.259. The van der Waals surface area contributed by atoms with E-state index >= 15 is 0 Å². The Morgan fingerprint density at radius 2 is 2.13 bits per heavy atom. The van der Waals surface area contributed by atoms with E-state index in [9.17, 15) is 0 Å². The second kappa shape index (κ2) is 5.95. The van der Waals surface area contributed by atoms with Crippen LogP contribution in [0.15, 0.2) is 18.2 Å². The molecular formula is C11H17ClN2O. The average Bonchev–Trinajstić information content (AvgIpc) is 2.20. The van der Waals surface area contributed by atoms with E-state index in [4.69, 9.17) is 22.1 Å². The highest BCUT2D eigenvalue weighted by Gasteiger charge is 2.06. The van der Waals surface area contributed by atoms with E-state index in [0.29, 0.717) is 23.9 Å². The quantitative estimate of drug-likeness (QED) is 0.835. The van der Waals surface area contributed by atoms with Gasteiger partial charge in [0.25, 0.3) is 0 Å². The van der Waals surface area contributed by atoms with Gasteiger partial charge in [-0.05, 0) is 20.2 Å². The number of benzene rings is 1. The maximum atomic E-state index is 6.03. The van der Waals surface area contributed by atoms with Crippen molar-refractivity contribution in [3.05, 3.63) is 28.8 Å². The Bertz CT molecular complexity index is 315. The molecule has 0 saturated carbocycles. The number of halogens is 1. The van der Waals surface area contributed by atoms with Gasteiger partial charge < -0.3 is 15.4 Å². The molecule has 0 spiro atoms. The first-order valence-electron chi connectivity index (χ1n) is 4.90. The van der Waals surface area contributed by atoms with Crippen LogP contribution in [0.25, 0.3) is 0 Å². The smallest absolute Gasteiger partial charge is 0.142 e. The zero-order chi connectivity index (χ0) is 11.3. The second-order valence-electron chi connectivity index (χ2n) is 3.58.